The highest BCUT2D eigenvalue weighted by atomic mass is 32.1. The first-order valence-electron chi connectivity index (χ1n) is 4.88. The zero-order chi connectivity index (χ0) is 11.5. The number of aromatic hydroxyl groups is 1. The maximum absolute atomic E-state index is 10.9. The van der Waals surface area contributed by atoms with Crippen LogP contribution in [0.1, 0.15) is 12.6 Å². The third-order valence-corrected chi connectivity index (χ3v) is 3.02. The summed E-state index contributed by atoms with van der Waals surface area (Å²) in [4.78, 5) is 15.3. The molecule has 0 radical (unpaired) electrons. The molecule has 0 aliphatic rings. The molecule has 2 aromatic rings. The van der Waals surface area contributed by atoms with Crippen LogP contribution in [0.4, 0.5) is 0 Å². The molecule has 0 saturated carbocycles. The molecule has 0 atom stereocenters. The number of ketones is 1. The number of hydrogen-bond donors (Lipinski definition) is 1. The molecule has 0 bridgehead atoms. The lowest BCUT2D eigenvalue weighted by atomic mass is 10.2. The van der Waals surface area contributed by atoms with E-state index in [9.17, 15) is 9.90 Å². The van der Waals surface area contributed by atoms with Crippen LogP contribution in [0.25, 0.3) is 10.6 Å². The number of carbonyl (C=O) groups excluding carboxylic acids is 1. The molecular weight excluding hydrogens is 222 g/mol. The van der Waals surface area contributed by atoms with Gasteiger partial charge in [-0.15, -0.1) is 11.3 Å². The smallest absolute Gasteiger partial charge is 0.135 e. The number of nitrogens with zero attached hydrogens (tertiary/aromatic N) is 1. The largest absolute Gasteiger partial charge is 0.508 e. The number of rotatable bonds is 3. The number of thiazole rings is 1. The van der Waals surface area contributed by atoms with E-state index in [1.165, 1.54) is 11.3 Å². The first kappa shape index (κ1) is 10.8. The summed E-state index contributed by atoms with van der Waals surface area (Å²) >= 11 is 1.48. The predicted molar refractivity (Wildman–Crippen MR) is 63.6 cm³/mol. The molecule has 0 aliphatic heterocycles. The third-order valence-electron chi connectivity index (χ3n) is 2.07. The van der Waals surface area contributed by atoms with Gasteiger partial charge in [-0.3, -0.25) is 4.79 Å². The van der Waals surface area contributed by atoms with E-state index in [4.69, 9.17) is 0 Å². The molecule has 0 fully saturated rings. The number of phenols is 1. The second-order valence-electron chi connectivity index (χ2n) is 3.57. The van der Waals surface area contributed by atoms with Crippen LogP contribution in [0.3, 0.4) is 0 Å². The molecule has 1 N–H and O–H groups in total. The molecule has 0 unspecified atom stereocenters. The lowest BCUT2D eigenvalue weighted by Gasteiger charge is -1.96. The normalized spacial score (nSPS) is 10.3. The first-order chi connectivity index (χ1) is 7.65. The topological polar surface area (TPSA) is 50.2 Å². The molecule has 4 heteroatoms. The third kappa shape index (κ3) is 2.46. The fourth-order valence-electron chi connectivity index (χ4n) is 1.41. The van der Waals surface area contributed by atoms with E-state index in [0.717, 1.165) is 16.3 Å². The zero-order valence-corrected chi connectivity index (χ0v) is 9.62. The van der Waals surface area contributed by atoms with Crippen molar-refractivity contribution in [3.8, 4) is 16.3 Å². The van der Waals surface area contributed by atoms with Crippen molar-refractivity contribution < 1.29 is 9.90 Å². The van der Waals surface area contributed by atoms with Crippen LogP contribution in [-0.2, 0) is 11.2 Å². The van der Waals surface area contributed by atoms with Crippen LogP contribution < -0.4 is 0 Å². The molecule has 1 aromatic carbocycles. The van der Waals surface area contributed by atoms with E-state index in [0.29, 0.717) is 6.42 Å². The van der Waals surface area contributed by atoms with Gasteiger partial charge in [0, 0.05) is 17.4 Å². The molecule has 0 spiro atoms. The highest BCUT2D eigenvalue weighted by Crippen LogP contribution is 2.26. The van der Waals surface area contributed by atoms with Crippen LogP contribution in [0.15, 0.2) is 29.6 Å². The van der Waals surface area contributed by atoms with Crippen molar-refractivity contribution in [2.45, 2.75) is 13.3 Å². The van der Waals surface area contributed by atoms with Crippen LogP contribution in [0.5, 0.6) is 5.75 Å². The number of benzene rings is 1. The van der Waals surface area contributed by atoms with Crippen molar-refractivity contribution in [1.29, 1.82) is 0 Å². The minimum absolute atomic E-state index is 0.104. The molecule has 0 saturated heterocycles. The summed E-state index contributed by atoms with van der Waals surface area (Å²) in [5, 5.41) is 12.1. The lowest BCUT2D eigenvalue weighted by molar-refractivity contribution is -0.116. The maximum Gasteiger partial charge on any atom is 0.135 e. The molecule has 2 rings (SSSR count). The monoisotopic (exact) mass is 233 g/mol. The number of aromatic nitrogens is 1. The van der Waals surface area contributed by atoms with E-state index in [2.05, 4.69) is 4.98 Å². The second kappa shape index (κ2) is 4.45. The second-order valence-corrected chi connectivity index (χ2v) is 4.43. The molecule has 0 amide bonds. The lowest BCUT2D eigenvalue weighted by Crippen LogP contribution is -1.95. The van der Waals surface area contributed by atoms with Gasteiger partial charge in [0.05, 0.1) is 5.69 Å². The summed E-state index contributed by atoms with van der Waals surface area (Å²) in [6, 6.07) is 6.94. The molecule has 1 aromatic heterocycles. The van der Waals surface area contributed by atoms with Gasteiger partial charge in [-0.2, -0.15) is 0 Å². The number of carbonyl (C=O) groups is 1. The van der Waals surface area contributed by atoms with Gasteiger partial charge in [-0.1, -0.05) is 12.1 Å². The van der Waals surface area contributed by atoms with E-state index in [1.54, 1.807) is 25.1 Å². The Labute approximate surface area is 97.4 Å². The average molecular weight is 233 g/mol. The maximum atomic E-state index is 10.9. The Bertz CT molecular complexity index is 519. The van der Waals surface area contributed by atoms with E-state index in [-0.39, 0.29) is 11.5 Å². The number of phenolic OH excluding ortho intramolecular Hbond substituents is 1. The van der Waals surface area contributed by atoms with E-state index in [1.807, 2.05) is 11.4 Å². The summed E-state index contributed by atoms with van der Waals surface area (Å²) in [5.41, 5.74) is 1.66. The highest BCUT2D eigenvalue weighted by Gasteiger charge is 2.06. The van der Waals surface area contributed by atoms with Gasteiger partial charge in [0.1, 0.15) is 16.5 Å². The number of hydrogen-bond acceptors (Lipinski definition) is 4. The van der Waals surface area contributed by atoms with Crippen molar-refractivity contribution in [1.82, 2.24) is 4.98 Å². The minimum atomic E-state index is 0.104. The average Bonchev–Trinajstić information content (AvgIpc) is 2.65. The Morgan fingerprint density at radius 2 is 2.31 bits per heavy atom. The van der Waals surface area contributed by atoms with Crippen LogP contribution >= 0.6 is 11.3 Å². The predicted octanol–water partition coefficient (Wildman–Crippen LogP) is 2.65. The van der Waals surface area contributed by atoms with Crippen LogP contribution in [0, 0.1) is 0 Å². The van der Waals surface area contributed by atoms with Gasteiger partial charge in [0.2, 0.25) is 0 Å². The molecule has 82 valence electrons. The molecular formula is C12H11NO2S. The van der Waals surface area contributed by atoms with Crippen LogP contribution in [0.2, 0.25) is 0 Å². The number of Topliss-reactive ketones (excluding diaryl/α,β-unsaturated/α-hetero) is 1. The molecule has 1 heterocycles. The summed E-state index contributed by atoms with van der Waals surface area (Å²) in [6.07, 6.45) is 0.370. The summed E-state index contributed by atoms with van der Waals surface area (Å²) in [5.74, 6) is 0.327. The minimum Gasteiger partial charge on any atom is -0.508 e. The first-order valence-corrected chi connectivity index (χ1v) is 5.76. The van der Waals surface area contributed by atoms with Gasteiger partial charge in [-0.05, 0) is 19.1 Å². The van der Waals surface area contributed by atoms with Crippen molar-refractivity contribution in [2.24, 2.45) is 0 Å². The fourth-order valence-corrected chi connectivity index (χ4v) is 2.23. The quantitative estimate of drug-likeness (QED) is 0.886. The molecule has 3 nitrogen and oxygen atoms in total. The Balaban J connectivity index is 2.28. The Hall–Kier alpha value is -1.68. The van der Waals surface area contributed by atoms with Gasteiger partial charge in [0.15, 0.2) is 0 Å². The van der Waals surface area contributed by atoms with Crippen molar-refractivity contribution in [3.05, 3.63) is 35.3 Å². The summed E-state index contributed by atoms with van der Waals surface area (Å²) < 4.78 is 0. The highest BCUT2D eigenvalue weighted by molar-refractivity contribution is 7.13. The van der Waals surface area contributed by atoms with Gasteiger partial charge < -0.3 is 5.11 Å². The van der Waals surface area contributed by atoms with Gasteiger partial charge in [0.25, 0.3) is 0 Å². The van der Waals surface area contributed by atoms with E-state index >= 15 is 0 Å². The van der Waals surface area contributed by atoms with Crippen molar-refractivity contribution in [3.63, 3.8) is 0 Å². The Morgan fingerprint density at radius 1 is 1.50 bits per heavy atom. The zero-order valence-electron chi connectivity index (χ0n) is 8.80. The summed E-state index contributed by atoms with van der Waals surface area (Å²) in [7, 11) is 0. The summed E-state index contributed by atoms with van der Waals surface area (Å²) in [6.45, 7) is 1.55. The van der Waals surface area contributed by atoms with Crippen LogP contribution in [-0.4, -0.2) is 15.9 Å². The van der Waals surface area contributed by atoms with Crippen molar-refractivity contribution >= 4 is 17.1 Å². The van der Waals surface area contributed by atoms with E-state index < -0.39 is 0 Å². The van der Waals surface area contributed by atoms with Crippen molar-refractivity contribution in [2.75, 3.05) is 0 Å². The Morgan fingerprint density at radius 3 is 3.00 bits per heavy atom. The SMILES string of the molecule is CC(=O)Cc1csc(-c2cccc(O)c2)n1. The van der Waals surface area contributed by atoms with Gasteiger partial charge in [-0.25, -0.2) is 4.98 Å². The Kier molecular flexibility index (Phi) is 3.01. The van der Waals surface area contributed by atoms with Gasteiger partial charge >= 0.3 is 0 Å². The molecule has 0 aliphatic carbocycles. The molecule has 16 heavy (non-hydrogen) atoms. The fraction of sp³-hybridized carbons (Fsp3) is 0.167. The standard InChI is InChI=1S/C12H11NO2S/c1-8(14)5-10-7-16-12(13-10)9-3-2-4-11(15)6-9/h2-4,6-7,15H,5H2,1H3.